The fourth-order valence-corrected chi connectivity index (χ4v) is 3.93. The van der Waals surface area contributed by atoms with Crippen LogP contribution in [0.25, 0.3) is 5.69 Å². The lowest BCUT2D eigenvalue weighted by atomic mass is 9.84. The topological polar surface area (TPSA) is 56.6 Å². The van der Waals surface area contributed by atoms with Crippen molar-refractivity contribution in [3.63, 3.8) is 0 Å². The number of hydrogen-bond acceptors (Lipinski definition) is 4. The first-order chi connectivity index (χ1) is 15.6. The van der Waals surface area contributed by atoms with Gasteiger partial charge < -0.3 is 14.4 Å². The lowest BCUT2D eigenvalue weighted by Gasteiger charge is -2.31. The molecule has 1 saturated carbocycles. The molecule has 0 unspecified atom stereocenters. The van der Waals surface area contributed by atoms with Gasteiger partial charge in [0.25, 0.3) is 0 Å². The lowest BCUT2D eigenvalue weighted by Crippen LogP contribution is -2.40. The van der Waals surface area contributed by atoms with E-state index in [1.807, 2.05) is 78.0 Å². The number of carbonyl (C=O) groups excluding carboxylic acids is 1. The highest BCUT2D eigenvalue weighted by molar-refractivity contribution is 5.79. The Balaban J connectivity index is 1.72. The maximum absolute atomic E-state index is 13.1. The molecule has 0 saturated heterocycles. The van der Waals surface area contributed by atoms with Gasteiger partial charge in [-0.2, -0.15) is 5.10 Å². The van der Waals surface area contributed by atoms with Crippen LogP contribution in [0.1, 0.15) is 36.1 Å². The molecular weight excluding hydrogens is 402 g/mol. The molecule has 1 aromatic heterocycles. The molecule has 0 N–H and O–H groups in total. The first kappa shape index (κ1) is 22.1. The number of ether oxygens (including phenoxy) is 2. The fourth-order valence-electron chi connectivity index (χ4n) is 3.93. The van der Waals surface area contributed by atoms with E-state index in [2.05, 4.69) is 0 Å². The van der Waals surface area contributed by atoms with Crippen LogP contribution in [0.15, 0.2) is 54.6 Å². The van der Waals surface area contributed by atoms with Crippen molar-refractivity contribution in [2.24, 2.45) is 5.92 Å². The molecule has 6 nitrogen and oxygen atoms in total. The van der Waals surface area contributed by atoms with Gasteiger partial charge in [-0.15, -0.1) is 0 Å². The molecule has 0 bridgehead atoms. The number of nitrogens with zero attached hydrogens (tertiary/aromatic N) is 3. The van der Waals surface area contributed by atoms with Crippen LogP contribution < -0.4 is 4.74 Å². The Morgan fingerprint density at radius 2 is 1.91 bits per heavy atom. The van der Waals surface area contributed by atoms with E-state index >= 15 is 0 Å². The van der Waals surface area contributed by atoms with Gasteiger partial charge >= 0.3 is 0 Å². The first-order valence-electron chi connectivity index (χ1n) is 11.2. The van der Waals surface area contributed by atoms with E-state index in [0.29, 0.717) is 25.6 Å². The molecule has 1 aliphatic rings. The summed E-state index contributed by atoms with van der Waals surface area (Å²) in [7, 11) is 1.66. The maximum Gasteiger partial charge on any atom is 0.227 e. The Bertz CT molecular complexity index is 1060. The second-order valence-electron chi connectivity index (χ2n) is 8.42. The smallest absolute Gasteiger partial charge is 0.227 e. The molecule has 0 aliphatic heterocycles. The van der Waals surface area contributed by atoms with Crippen LogP contribution in [0.5, 0.6) is 11.6 Å². The van der Waals surface area contributed by atoms with Crippen molar-refractivity contribution >= 4 is 5.91 Å². The summed E-state index contributed by atoms with van der Waals surface area (Å²) in [5, 5.41) is 4.79. The quantitative estimate of drug-likeness (QED) is 0.473. The molecule has 1 heterocycles. The minimum Gasteiger partial charge on any atom is -0.439 e. The normalized spacial score (nSPS) is 13.6. The fraction of sp³-hybridized carbons (Fsp3) is 0.385. The summed E-state index contributed by atoms with van der Waals surface area (Å²) >= 11 is 0. The molecule has 1 amide bonds. The van der Waals surface area contributed by atoms with Crippen molar-refractivity contribution in [1.29, 1.82) is 0 Å². The summed E-state index contributed by atoms with van der Waals surface area (Å²) in [6.45, 7) is 5.50. The van der Waals surface area contributed by atoms with Crippen molar-refractivity contribution < 1.29 is 14.3 Å². The van der Waals surface area contributed by atoms with Crippen LogP contribution in [-0.4, -0.2) is 40.8 Å². The number of rotatable bonds is 9. The van der Waals surface area contributed by atoms with Crippen molar-refractivity contribution in [3.05, 3.63) is 71.4 Å². The zero-order chi connectivity index (χ0) is 22.5. The summed E-state index contributed by atoms with van der Waals surface area (Å²) in [6, 6.07) is 17.9. The Kier molecular flexibility index (Phi) is 6.90. The van der Waals surface area contributed by atoms with E-state index in [-0.39, 0.29) is 11.8 Å². The predicted molar refractivity (Wildman–Crippen MR) is 124 cm³/mol. The molecule has 1 aliphatic carbocycles. The van der Waals surface area contributed by atoms with E-state index in [1.54, 1.807) is 7.11 Å². The van der Waals surface area contributed by atoms with Gasteiger partial charge in [0.05, 0.1) is 30.1 Å². The zero-order valence-electron chi connectivity index (χ0n) is 19.1. The molecule has 0 radical (unpaired) electrons. The van der Waals surface area contributed by atoms with Crippen LogP contribution in [0.3, 0.4) is 0 Å². The molecule has 4 rings (SSSR count). The summed E-state index contributed by atoms with van der Waals surface area (Å²) in [6.07, 6.45) is 3.07. The number of benzene rings is 2. The largest absolute Gasteiger partial charge is 0.439 e. The number of para-hydroxylation sites is 1. The Hall–Kier alpha value is -3.12. The summed E-state index contributed by atoms with van der Waals surface area (Å²) in [5.74, 6) is 1.71. The van der Waals surface area contributed by atoms with Gasteiger partial charge in [-0.25, -0.2) is 4.68 Å². The molecule has 0 spiro atoms. The van der Waals surface area contributed by atoms with Crippen molar-refractivity contribution in [3.8, 4) is 17.3 Å². The highest BCUT2D eigenvalue weighted by Crippen LogP contribution is 2.34. The van der Waals surface area contributed by atoms with Crippen LogP contribution in [0, 0.1) is 19.8 Å². The number of amides is 1. The second-order valence-corrected chi connectivity index (χ2v) is 8.42. The summed E-state index contributed by atoms with van der Waals surface area (Å²) in [4.78, 5) is 15.0. The third-order valence-corrected chi connectivity index (χ3v) is 6.02. The Labute approximate surface area is 189 Å². The number of aromatic nitrogens is 2. The summed E-state index contributed by atoms with van der Waals surface area (Å²) in [5.41, 5.74) is 3.80. The zero-order valence-corrected chi connectivity index (χ0v) is 19.1. The van der Waals surface area contributed by atoms with Crippen molar-refractivity contribution in [2.75, 3.05) is 20.3 Å². The van der Waals surface area contributed by atoms with Gasteiger partial charge in [0.2, 0.25) is 11.8 Å². The van der Waals surface area contributed by atoms with Crippen molar-refractivity contribution in [2.45, 2.75) is 39.7 Å². The number of aryl methyl sites for hydroxylation is 2. The predicted octanol–water partition coefficient (Wildman–Crippen LogP) is 5.06. The highest BCUT2D eigenvalue weighted by Gasteiger charge is 2.31. The SMILES string of the molecule is COCCN(Cc1c(C)nn(-c2ccccc2)c1Oc1cccc(C)c1)C(=O)C1CCC1. The van der Waals surface area contributed by atoms with E-state index in [9.17, 15) is 4.79 Å². The lowest BCUT2D eigenvalue weighted by molar-refractivity contribution is -0.139. The molecule has 32 heavy (non-hydrogen) atoms. The second kappa shape index (κ2) is 10.0. The Morgan fingerprint density at radius 3 is 2.56 bits per heavy atom. The molecule has 3 aromatic rings. The average molecular weight is 434 g/mol. The van der Waals surface area contributed by atoms with Crippen LogP contribution in [0.2, 0.25) is 0 Å². The minimum absolute atomic E-state index is 0.123. The standard InChI is InChI=1S/C26H31N3O3/c1-19-9-7-14-23(17-19)32-26-24(20(2)27-29(26)22-12-5-4-6-13-22)18-28(15-16-31-3)25(30)21-10-8-11-21/h4-7,9,12-14,17,21H,8,10-11,15-16,18H2,1-3H3. The van der Waals surface area contributed by atoms with Crippen LogP contribution >= 0.6 is 0 Å². The Morgan fingerprint density at radius 1 is 1.12 bits per heavy atom. The third kappa shape index (κ3) is 4.86. The van der Waals surface area contributed by atoms with Crippen LogP contribution in [0.4, 0.5) is 0 Å². The van der Waals surface area contributed by atoms with Gasteiger partial charge in [0, 0.05) is 19.6 Å². The molecular formula is C26H31N3O3. The molecule has 2 aromatic carbocycles. The average Bonchev–Trinajstić information content (AvgIpc) is 3.05. The van der Waals surface area contributed by atoms with E-state index < -0.39 is 0 Å². The van der Waals surface area contributed by atoms with Gasteiger partial charge in [-0.05, 0) is 56.5 Å². The monoisotopic (exact) mass is 433 g/mol. The maximum atomic E-state index is 13.1. The number of hydrogen-bond donors (Lipinski definition) is 0. The van der Waals surface area contributed by atoms with E-state index in [4.69, 9.17) is 14.6 Å². The van der Waals surface area contributed by atoms with Gasteiger partial charge in [0.1, 0.15) is 5.75 Å². The molecule has 1 fully saturated rings. The number of methoxy groups -OCH3 is 1. The molecule has 0 atom stereocenters. The highest BCUT2D eigenvalue weighted by atomic mass is 16.5. The van der Waals surface area contributed by atoms with Gasteiger partial charge in [-0.3, -0.25) is 4.79 Å². The van der Waals surface area contributed by atoms with Gasteiger partial charge in [-0.1, -0.05) is 36.8 Å². The number of carbonyl (C=O) groups is 1. The molecule has 168 valence electrons. The van der Waals surface area contributed by atoms with E-state index in [0.717, 1.165) is 47.5 Å². The van der Waals surface area contributed by atoms with Crippen molar-refractivity contribution in [1.82, 2.24) is 14.7 Å². The third-order valence-electron chi connectivity index (χ3n) is 6.02. The summed E-state index contributed by atoms with van der Waals surface area (Å²) < 4.78 is 13.5. The first-order valence-corrected chi connectivity index (χ1v) is 11.2. The van der Waals surface area contributed by atoms with Gasteiger partial charge in [0.15, 0.2) is 0 Å². The van der Waals surface area contributed by atoms with Crippen LogP contribution in [-0.2, 0) is 16.1 Å². The minimum atomic E-state index is 0.123. The molecule has 6 heteroatoms. The van der Waals surface area contributed by atoms with E-state index in [1.165, 1.54) is 0 Å².